The van der Waals surface area contributed by atoms with Gasteiger partial charge < -0.3 is 9.64 Å². The van der Waals surface area contributed by atoms with Crippen molar-refractivity contribution in [1.29, 1.82) is 0 Å². The molecule has 8 nitrogen and oxygen atoms in total. The first-order valence-electron chi connectivity index (χ1n) is 5.34. The van der Waals surface area contributed by atoms with E-state index in [9.17, 15) is 14.9 Å². The van der Waals surface area contributed by atoms with E-state index in [-0.39, 0.29) is 18.1 Å². The molecule has 0 aliphatic heterocycles. The Morgan fingerprint density at radius 3 is 2.72 bits per heavy atom. The summed E-state index contributed by atoms with van der Waals surface area (Å²) >= 11 is 0. The van der Waals surface area contributed by atoms with Gasteiger partial charge in [0.1, 0.15) is 5.69 Å². The maximum absolute atomic E-state index is 11.1. The summed E-state index contributed by atoms with van der Waals surface area (Å²) in [6, 6.07) is 0. The second kappa shape index (κ2) is 5.48. The van der Waals surface area contributed by atoms with Crippen LogP contribution in [0.5, 0.6) is 0 Å². The molecule has 0 amide bonds. The van der Waals surface area contributed by atoms with E-state index in [0.717, 1.165) is 0 Å². The lowest BCUT2D eigenvalue weighted by Crippen LogP contribution is -2.24. The summed E-state index contributed by atoms with van der Waals surface area (Å²) in [6.07, 6.45) is 0.161. The Morgan fingerprint density at radius 1 is 1.61 bits per heavy atom. The third-order valence-corrected chi connectivity index (χ3v) is 2.58. The first kappa shape index (κ1) is 13.9. The monoisotopic (exact) mass is 256 g/mol. The van der Waals surface area contributed by atoms with E-state index in [2.05, 4.69) is 9.84 Å². The predicted octanol–water partition coefficient (Wildman–Crippen LogP) is 0.636. The average molecular weight is 256 g/mol. The lowest BCUT2D eigenvalue weighted by atomic mass is 10.3. The Labute approximate surface area is 104 Å². The van der Waals surface area contributed by atoms with Crippen LogP contribution in [-0.4, -0.2) is 41.4 Å². The van der Waals surface area contributed by atoms with Crippen molar-refractivity contribution in [3.63, 3.8) is 0 Å². The van der Waals surface area contributed by atoms with Crippen molar-refractivity contribution < 1.29 is 14.5 Å². The van der Waals surface area contributed by atoms with Gasteiger partial charge in [0, 0.05) is 20.6 Å². The highest BCUT2D eigenvalue weighted by molar-refractivity contribution is 5.70. The molecule has 8 heteroatoms. The summed E-state index contributed by atoms with van der Waals surface area (Å²) in [6.45, 7) is 1.91. The van der Waals surface area contributed by atoms with E-state index in [1.165, 1.54) is 11.8 Å². The number of aromatic nitrogens is 2. The van der Waals surface area contributed by atoms with Gasteiger partial charge in [-0.3, -0.25) is 14.9 Å². The number of nitro groups is 1. The number of esters is 1. The molecule has 100 valence electrons. The van der Waals surface area contributed by atoms with E-state index < -0.39 is 4.92 Å². The molecule has 18 heavy (non-hydrogen) atoms. The largest absolute Gasteiger partial charge is 0.469 e. The number of rotatable bonds is 5. The fraction of sp³-hybridized carbons (Fsp3) is 0.600. The van der Waals surface area contributed by atoms with Crippen molar-refractivity contribution in [3.05, 3.63) is 15.8 Å². The van der Waals surface area contributed by atoms with Crippen LogP contribution in [0, 0.1) is 17.0 Å². The highest BCUT2D eigenvalue weighted by Gasteiger charge is 2.26. The Balaban J connectivity index is 2.94. The van der Waals surface area contributed by atoms with Gasteiger partial charge in [0.25, 0.3) is 0 Å². The van der Waals surface area contributed by atoms with E-state index in [1.54, 1.807) is 25.9 Å². The van der Waals surface area contributed by atoms with Crippen LogP contribution >= 0.6 is 0 Å². The molecular weight excluding hydrogens is 240 g/mol. The topological polar surface area (TPSA) is 90.5 Å². The van der Waals surface area contributed by atoms with E-state index >= 15 is 0 Å². The Hall–Kier alpha value is -2.12. The summed E-state index contributed by atoms with van der Waals surface area (Å²) in [5.41, 5.74) is 0.312. The molecule has 1 rings (SSSR count). The van der Waals surface area contributed by atoms with E-state index in [4.69, 9.17) is 0 Å². The molecule has 0 unspecified atom stereocenters. The molecule has 1 aromatic heterocycles. The average Bonchev–Trinajstić information content (AvgIpc) is 2.60. The van der Waals surface area contributed by atoms with Crippen LogP contribution < -0.4 is 4.90 Å². The van der Waals surface area contributed by atoms with Crippen molar-refractivity contribution in [2.75, 3.05) is 25.6 Å². The molecule has 0 atom stereocenters. The summed E-state index contributed by atoms with van der Waals surface area (Å²) in [7, 11) is 4.61. The highest BCUT2D eigenvalue weighted by Crippen LogP contribution is 2.29. The van der Waals surface area contributed by atoms with Gasteiger partial charge in [-0.1, -0.05) is 0 Å². The van der Waals surface area contributed by atoms with Gasteiger partial charge in [-0.25, -0.2) is 4.68 Å². The maximum atomic E-state index is 11.1. The zero-order valence-electron chi connectivity index (χ0n) is 10.8. The Morgan fingerprint density at radius 2 is 2.22 bits per heavy atom. The molecule has 0 fully saturated rings. The molecule has 1 heterocycles. The maximum Gasteiger partial charge on any atom is 0.333 e. The fourth-order valence-electron chi connectivity index (χ4n) is 1.74. The number of nitrogens with zero attached hydrogens (tertiary/aromatic N) is 4. The van der Waals surface area contributed by atoms with Gasteiger partial charge >= 0.3 is 11.7 Å². The smallest absolute Gasteiger partial charge is 0.333 e. The molecule has 0 aliphatic rings. The van der Waals surface area contributed by atoms with Crippen LogP contribution in [0.4, 0.5) is 11.5 Å². The number of aryl methyl sites for hydroxylation is 2. The molecule has 0 saturated heterocycles. The van der Waals surface area contributed by atoms with Gasteiger partial charge in [-0.05, 0) is 6.92 Å². The third kappa shape index (κ3) is 2.76. The lowest BCUT2D eigenvalue weighted by molar-refractivity contribution is -0.384. The molecule has 0 N–H and O–H groups in total. The summed E-state index contributed by atoms with van der Waals surface area (Å²) in [5, 5.41) is 15.0. The molecule has 0 saturated carbocycles. The minimum absolute atomic E-state index is 0.0372. The number of anilines is 1. The van der Waals surface area contributed by atoms with Crippen LogP contribution in [0.15, 0.2) is 0 Å². The van der Waals surface area contributed by atoms with Crippen molar-refractivity contribution in [2.24, 2.45) is 7.05 Å². The number of methoxy groups -OCH3 is 1. The van der Waals surface area contributed by atoms with Gasteiger partial charge in [-0.15, -0.1) is 0 Å². The van der Waals surface area contributed by atoms with Crippen LogP contribution in [0.2, 0.25) is 0 Å². The summed E-state index contributed by atoms with van der Waals surface area (Å²) in [5.74, 6) is 0.0183. The van der Waals surface area contributed by atoms with Crippen molar-refractivity contribution >= 4 is 17.5 Å². The number of hydrogen-bond acceptors (Lipinski definition) is 6. The number of carbonyl (C=O) groups is 1. The standard InChI is InChI=1S/C10H16N4O4/c1-7-9(14(16)17)10(13(3)11-7)12(2)6-5-8(15)18-4/h5-6H2,1-4H3. The molecule has 1 aromatic rings. The Bertz CT molecular complexity index is 469. The van der Waals surface area contributed by atoms with Gasteiger partial charge in [0.05, 0.1) is 18.5 Å². The molecule has 0 spiro atoms. The van der Waals surface area contributed by atoms with Gasteiger partial charge in [0.15, 0.2) is 0 Å². The zero-order valence-corrected chi connectivity index (χ0v) is 10.8. The molecule has 0 aromatic carbocycles. The van der Waals surface area contributed by atoms with Crippen molar-refractivity contribution in [1.82, 2.24) is 9.78 Å². The molecule has 0 aliphatic carbocycles. The van der Waals surface area contributed by atoms with Crippen LogP contribution in [0.25, 0.3) is 0 Å². The first-order valence-corrected chi connectivity index (χ1v) is 5.34. The quantitative estimate of drug-likeness (QED) is 0.436. The number of hydrogen-bond donors (Lipinski definition) is 0. The lowest BCUT2D eigenvalue weighted by Gasteiger charge is -2.17. The zero-order chi connectivity index (χ0) is 13.9. The SMILES string of the molecule is COC(=O)CCN(C)c1c([N+](=O)[O-])c(C)nn1C. The van der Waals surface area contributed by atoms with E-state index in [1.807, 2.05) is 0 Å². The minimum Gasteiger partial charge on any atom is -0.469 e. The second-order valence-electron chi connectivity index (χ2n) is 3.89. The van der Waals surface area contributed by atoms with Gasteiger partial charge in [-0.2, -0.15) is 5.10 Å². The van der Waals surface area contributed by atoms with Crippen molar-refractivity contribution in [3.8, 4) is 0 Å². The summed E-state index contributed by atoms with van der Waals surface area (Å²) in [4.78, 5) is 23.2. The molecule has 0 radical (unpaired) electrons. The fourth-order valence-corrected chi connectivity index (χ4v) is 1.74. The molecule has 0 bridgehead atoms. The number of carbonyl (C=O) groups excluding carboxylic acids is 1. The predicted molar refractivity (Wildman–Crippen MR) is 64.5 cm³/mol. The second-order valence-corrected chi connectivity index (χ2v) is 3.89. The molecular formula is C10H16N4O4. The minimum atomic E-state index is -0.466. The van der Waals surface area contributed by atoms with E-state index in [0.29, 0.717) is 18.1 Å². The first-order chi connectivity index (χ1) is 8.38. The third-order valence-electron chi connectivity index (χ3n) is 2.58. The van der Waals surface area contributed by atoms with Crippen LogP contribution in [0.3, 0.4) is 0 Å². The van der Waals surface area contributed by atoms with Gasteiger partial charge in [0.2, 0.25) is 5.82 Å². The highest BCUT2D eigenvalue weighted by atomic mass is 16.6. The van der Waals surface area contributed by atoms with Crippen LogP contribution in [0.1, 0.15) is 12.1 Å². The Kier molecular flexibility index (Phi) is 4.24. The summed E-state index contributed by atoms with van der Waals surface area (Å²) < 4.78 is 5.96. The number of ether oxygens (including phenoxy) is 1. The van der Waals surface area contributed by atoms with Crippen LogP contribution in [-0.2, 0) is 16.6 Å². The van der Waals surface area contributed by atoms with Crippen molar-refractivity contribution in [2.45, 2.75) is 13.3 Å². The normalized spacial score (nSPS) is 10.2.